The molecule has 0 fully saturated rings. The zero-order chi connectivity index (χ0) is 14.8. The highest BCUT2D eigenvalue weighted by molar-refractivity contribution is 7.10. The van der Waals surface area contributed by atoms with Crippen molar-refractivity contribution in [3.8, 4) is 0 Å². The minimum atomic E-state index is -0.140. The number of rotatable bonds is 3. The average Bonchev–Trinajstić information content (AvgIpc) is 3.00. The lowest BCUT2D eigenvalue weighted by Crippen LogP contribution is -2.26. The molecule has 3 aromatic rings. The monoisotopic (exact) mass is 296 g/mol. The van der Waals surface area contributed by atoms with Gasteiger partial charge in [0.25, 0.3) is 5.91 Å². The fourth-order valence-electron chi connectivity index (χ4n) is 2.34. The van der Waals surface area contributed by atoms with Crippen LogP contribution in [0.3, 0.4) is 0 Å². The summed E-state index contributed by atoms with van der Waals surface area (Å²) in [6.07, 6.45) is 0. The van der Waals surface area contributed by atoms with E-state index in [1.54, 1.807) is 11.3 Å². The number of nitrogen functional groups attached to an aromatic ring is 1. The zero-order valence-electron chi connectivity index (χ0n) is 11.7. The molecule has 0 saturated heterocycles. The molecule has 1 aromatic heterocycles. The van der Waals surface area contributed by atoms with Gasteiger partial charge >= 0.3 is 0 Å². The Labute approximate surface area is 127 Å². The third-order valence-electron chi connectivity index (χ3n) is 3.48. The van der Waals surface area contributed by atoms with Gasteiger partial charge in [-0.1, -0.05) is 30.3 Å². The number of anilines is 1. The summed E-state index contributed by atoms with van der Waals surface area (Å²) in [5.41, 5.74) is 7.05. The second kappa shape index (κ2) is 5.58. The molecule has 3 nitrogen and oxygen atoms in total. The van der Waals surface area contributed by atoms with Crippen LogP contribution in [0.5, 0.6) is 0 Å². The first-order valence-corrected chi connectivity index (χ1v) is 7.65. The molecule has 0 spiro atoms. The minimum Gasteiger partial charge on any atom is -0.398 e. The molecule has 3 rings (SSSR count). The van der Waals surface area contributed by atoms with Crippen molar-refractivity contribution in [2.24, 2.45) is 0 Å². The van der Waals surface area contributed by atoms with Gasteiger partial charge in [-0.25, -0.2) is 0 Å². The van der Waals surface area contributed by atoms with Gasteiger partial charge in [-0.3, -0.25) is 4.79 Å². The van der Waals surface area contributed by atoms with Crippen LogP contribution in [0, 0.1) is 0 Å². The number of fused-ring (bicyclic) bond motifs is 1. The van der Waals surface area contributed by atoms with Crippen molar-refractivity contribution in [3.63, 3.8) is 0 Å². The molecule has 3 N–H and O–H groups in total. The van der Waals surface area contributed by atoms with E-state index in [0.717, 1.165) is 15.6 Å². The highest BCUT2D eigenvalue weighted by atomic mass is 32.1. The second-order valence-corrected chi connectivity index (χ2v) is 5.98. The molecule has 21 heavy (non-hydrogen) atoms. The Morgan fingerprint density at radius 1 is 1.14 bits per heavy atom. The van der Waals surface area contributed by atoms with Crippen molar-refractivity contribution in [2.75, 3.05) is 5.73 Å². The lowest BCUT2D eigenvalue weighted by molar-refractivity contribution is 0.0941. The van der Waals surface area contributed by atoms with E-state index < -0.39 is 0 Å². The Bertz CT molecular complexity index is 781. The van der Waals surface area contributed by atoms with Crippen molar-refractivity contribution < 1.29 is 4.79 Å². The van der Waals surface area contributed by atoms with Gasteiger partial charge < -0.3 is 11.1 Å². The molecule has 4 heteroatoms. The maximum absolute atomic E-state index is 12.4. The Morgan fingerprint density at radius 3 is 2.52 bits per heavy atom. The Morgan fingerprint density at radius 2 is 1.86 bits per heavy atom. The minimum absolute atomic E-state index is 0.0247. The van der Waals surface area contributed by atoms with Gasteiger partial charge in [0.05, 0.1) is 11.6 Å². The number of hydrogen-bond acceptors (Lipinski definition) is 3. The van der Waals surface area contributed by atoms with Gasteiger partial charge in [0.2, 0.25) is 0 Å². The molecule has 0 radical (unpaired) electrons. The molecule has 106 valence electrons. The topological polar surface area (TPSA) is 55.1 Å². The Kier molecular flexibility index (Phi) is 3.62. The number of nitrogens with two attached hydrogens (primary N) is 1. The number of benzene rings is 2. The summed E-state index contributed by atoms with van der Waals surface area (Å²) in [5, 5.41) is 7.05. The normalized spacial score (nSPS) is 12.2. The number of hydrogen-bond donors (Lipinski definition) is 2. The van der Waals surface area contributed by atoms with E-state index >= 15 is 0 Å². The van der Waals surface area contributed by atoms with Gasteiger partial charge in [-0.2, -0.15) is 0 Å². The largest absolute Gasteiger partial charge is 0.398 e. The summed E-state index contributed by atoms with van der Waals surface area (Å²) < 4.78 is 0. The smallest absolute Gasteiger partial charge is 0.253 e. The molecular formula is C17H16N2OS. The molecule has 1 atom stereocenters. The predicted octanol–water partition coefficient (Wildman–Crippen LogP) is 3.97. The van der Waals surface area contributed by atoms with Crippen LogP contribution in [0.4, 0.5) is 5.69 Å². The molecule has 0 unspecified atom stereocenters. The molecule has 0 aliphatic rings. The first kappa shape index (κ1) is 13.6. The second-order valence-electron chi connectivity index (χ2n) is 5.00. The Hall–Kier alpha value is -2.33. The lowest BCUT2D eigenvalue weighted by Gasteiger charge is -2.14. The van der Waals surface area contributed by atoms with Crippen molar-refractivity contribution in [1.82, 2.24) is 5.32 Å². The molecule has 0 bridgehead atoms. The molecule has 1 heterocycles. The van der Waals surface area contributed by atoms with Crippen molar-refractivity contribution in [1.29, 1.82) is 0 Å². The van der Waals surface area contributed by atoms with Crippen molar-refractivity contribution in [2.45, 2.75) is 13.0 Å². The maximum Gasteiger partial charge on any atom is 0.253 e. The first-order valence-electron chi connectivity index (χ1n) is 6.77. The Balaban J connectivity index is 1.89. The van der Waals surface area contributed by atoms with E-state index in [4.69, 9.17) is 5.73 Å². The average molecular weight is 296 g/mol. The number of amides is 1. The molecule has 0 saturated carbocycles. The van der Waals surface area contributed by atoms with Crippen LogP contribution in [-0.2, 0) is 0 Å². The van der Waals surface area contributed by atoms with Crippen LogP contribution < -0.4 is 11.1 Å². The van der Waals surface area contributed by atoms with Crippen molar-refractivity contribution in [3.05, 3.63) is 64.4 Å². The predicted molar refractivity (Wildman–Crippen MR) is 88.6 cm³/mol. The van der Waals surface area contributed by atoms with Crippen LogP contribution in [0.15, 0.2) is 53.9 Å². The van der Waals surface area contributed by atoms with E-state index in [0.29, 0.717) is 11.3 Å². The van der Waals surface area contributed by atoms with Crippen molar-refractivity contribution >= 4 is 33.7 Å². The third-order valence-corrected chi connectivity index (χ3v) is 4.54. The molecular weight excluding hydrogens is 280 g/mol. The summed E-state index contributed by atoms with van der Waals surface area (Å²) in [4.78, 5) is 13.6. The highest BCUT2D eigenvalue weighted by Crippen LogP contribution is 2.23. The molecule has 1 amide bonds. The van der Waals surface area contributed by atoms with E-state index in [-0.39, 0.29) is 11.9 Å². The van der Waals surface area contributed by atoms with Gasteiger partial charge in [-0.15, -0.1) is 11.3 Å². The summed E-state index contributed by atoms with van der Waals surface area (Å²) in [5.74, 6) is -0.140. The molecule has 0 aliphatic heterocycles. The van der Waals surface area contributed by atoms with E-state index in [9.17, 15) is 4.79 Å². The SMILES string of the molecule is C[C@@H](NC(=O)c1cc2ccccc2cc1N)c1cccs1. The highest BCUT2D eigenvalue weighted by Gasteiger charge is 2.15. The molecule has 0 aliphatic carbocycles. The number of carbonyl (C=O) groups excluding carboxylic acids is 1. The van der Waals surface area contributed by atoms with Crippen LogP contribution in [0.2, 0.25) is 0 Å². The van der Waals surface area contributed by atoms with Gasteiger partial charge in [-0.05, 0) is 41.3 Å². The van der Waals surface area contributed by atoms with Gasteiger partial charge in [0.15, 0.2) is 0 Å². The quantitative estimate of drug-likeness (QED) is 0.718. The maximum atomic E-state index is 12.4. The number of nitrogens with one attached hydrogen (secondary N) is 1. The zero-order valence-corrected chi connectivity index (χ0v) is 12.5. The third kappa shape index (κ3) is 2.76. The van der Waals surface area contributed by atoms with Crippen LogP contribution in [-0.4, -0.2) is 5.91 Å². The van der Waals surface area contributed by atoms with Gasteiger partial charge in [0.1, 0.15) is 0 Å². The summed E-state index contributed by atoms with van der Waals surface area (Å²) in [6.45, 7) is 1.97. The van der Waals surface area contributed by atoms with Crippen LogP contribution >= 0.6 is 11.3 Å². The van der Waals surface area contributed by atoms with Gasteiger partial charge in [0, 0.05) is 10.6 Å². The fourth-order valence-corrected chi connectivity index (χ4v) is 3.07. The van der Waals surface area contributed by atoms with Crippen LogP contribution in [0.25, 0.3) is 10.8 Å². The van der Waals surface area contributed by atoms with Crippen LogP contribution in [0.1, 0.15) is 28.2 Å². The summed E-state index contributed by atoms with van der Waals surface area (Å²) in [6, 6.07) is 15.5. The van der Waals surface area contributed by atoms with E-state index in [1.165, 1.54) is 0 Å². The number of thiophene rings is 1. The summed E-state index contributed by atoms with van der Waals surface area (Å²) >= 11 is 1.63. The molecule has 2 aromatic carbocycles. The standard InChI is InChI=1S/C17H16N2OS/c1-11(16-7-4-8-21-16)19-17(20)14-9-12-5-2-3-6-13(12)10-15(14)18/h2-11H,18H2,1H3,(H,19,20)/t11-/m1/s1. The number of carbonyl (C=O) groups is 1. The van der Waals surface area contributed by atoms with E-state index in [2.05, 4.69) is 5.32 Å². The summed E-state index contributed by atoms with van der Waals surface area (Å²) in [7, 11) is 0. The fraction of sp³-hybridized carbons (Fsp3) is 0.118. The first-order chi connectivity index (χ1) is 10.1. The lowest BCUT2D eigenvalue weighted by atomic mass is 10.0. The van der Waals surface area contributed by atoms with E-state index in [1.807, 2.05) is 60.8 Å².